The van der Waals surface area contributed by atoms with E-state index in [0.29, 0.717) is 11.2 Å². The maximum Gasteiger partial charge on any atom is 0.341 e. The summed E-state index contributed by atoms with van der Waals surface area (Å²) >= 11 is 0. The summed E-state index contributed by atoms with van der Waals surface area (Å²) in [7, 11) is 0. The number of fused-ring (bicyclic) bond motifs is 1. The molecule has 0 spiro atoms. The molecule has 6 nitrogen and oxygen atoms in total. The van der Waals surface area contributed by atoms with Crippen LogP contribution in [0.1, 0.15) is 55.4 Å². The van der Waals surface area contributed by atoms with Gasteiger partial charge < -0.3 is 14.6 Å². The van der Waals surface area contributed by atoms with Crippen LogP contribution in [0.25, 0.3) is 10.9 Å². The van der Waals surface area contributed by atoms with Crippen LogP contribution in [0.5, 0.6) is 0 Å². The molecular formula is C22H28FN3O3. The smallest absolute Gasteiger partial charge is 0.341 e. The van der Waals surface area contributed by atoms with E-state index < -0.39 is 17.2 Å². The second kappa shape index (κ2) is 8.14. The fourth-order valence-electron chi connectivity index (χ4n) is 4.21. The largest absolute Gasteiger partial charge is 0.477 e. The topological polar surface area (TPSA) is 65.8 Å². The Morgan fingerprint density at radius 1 is 1.17 bits per heavy atom. The first kappa shape index (κ1) is 19.9. The van der Waals surface area contributed by atoms with Crippen LogP contribution in [0.4, 0.5) is 10.1 Å². The van der Waals surface area contributed by atoms with E-state index in [0.717, 1.165) is 45.6 Å². The van der Waals surface area contributed by atoms with E-state index in [9.17, 15) is 19.1 Å². The van der Waals surface area contributed by atoms with Gasteiger partial charge in [0, 0.05) is 43.8 Å². The molecule has 1 aliphatic heterocycles. The lowest BCUT2D eigenvalue weighted by Crippen LogP contribution is -2.47. The quantitative estimate of drug-likeness (QED) is 0.720. The number of aromatic nitrogens is 1. The van der Waals surface area contributed by atoms with Gasteiger partial charge in [0.05, 0.1) is 11.2 Å². The van der Waals surface area contributed by atoms with Gasteiger partial charge in [0.15, 0.2) is 0 Å². The Balaban J connectivity index is 1.64. The van der Waals surface area contributed by atoms with Crippen molar-refractivity contribution in [2.75, 3.05) is 37.6 Å². The minimum atomic E-state index is -1.27. The molecule has 29 heavy (non-hydrogen) atoms. The number of carboxylic acid groups (broad SMARTS) is 1. The standard InChI is InChI=1S/C22H28FN3O3/c1-2-3-4-7-24-8-10-25(11-9-24)20-13-19-16(12-18(20)23)21(27)17(22(28)29)14-26(19)15-5-6-15/h12-15H,2-11H2,1H3,(H,28,29). The van der Waals surface area contributed by atoms with Gasteiger partial charge in [-0.25, -0.2) is 9.18 Å². The number of nitrogens with zero attached hydrogens (tertiary/aromatic N) is 3. The number of carboxylic acids is 1. The fraction of sp³-hybridized carbons (Fsp3) is 0.545. The fourth-order valence-corrected chi connectivity index (χ4v) is 4.21. The molecule has 0 radical (unpaired) electrons. The molecule has 1 saturated heterocycles. The van der Waals surface area contributed by atoms with Gasteiger partial charge in [-0.05, 0) is 37.9 Å². The van der Waals surface area contributed by atoms with Crippen LogP contribution in [0.15, 0.2) is 23.1 Å². The van der Waals surface area contributed by atoms with Crippen molar-refractivity contribution in [3.05, 3.63) is 39.9 Å². The molecule has 2 fully saturated rings. The lowest BCUT2D eigenvalue weighted by molar-refractivity contribution is 0.0695. The van der Waals surface area contributed by atoms with Crippen molar-refractivity contribution in [3.63, 3.8) is 0 Å². The van der Waals surface area contributed by atoms with Crippen molar-refractivity contribution < 1.29 is 14.3 Å². The van der Waals surface area contributed by atoms with Crippen molar-refractivity contribution in [2.45, 2.75) is 45.1 Å². The first-order chi connectivity index (χ1) is 14.0. The van der Waals surface area contributed by atoms with E-state index in [1.54, 1.807) is 6.07 Å². The Morgan fingerprint density at radius 2 is 1.90 bits per heavy atom. The average molecular weight is 401 g/mol. The van der Waals surface area contributed by atoms with Crippen LogP contribution in [0.3, 0.4) is 0 Å². The third kappa shape index (κ3) is 4.01. The van der Waals surface area contributed by atoms with Crippen molar-refractivity contribution in [1.29, 1.82) is 0 Å². The highest BCUT2D eigenvalue weighted by Gasteiger charge is 2.28. The van der Waals surface area contributed by atoms with Gasteiger partial charge in [0.2, 0.25) is 5.43 Å². The van der Waals surface area contributed by atoms with E-state index >= 15 is 0 Å². The zero-order valence-corrected chi connectivity index (χ0v) is 16.9. The summed E-state index contributed by atoms with van der Waals surface area (Å²) < 4.78 is 16.8. The number of anilines is 1. The summed E-state index contributed by atoms with van der Waals surface area (Å²) in [5, 5.41) is 9.51. The third-order valence-electron chi connectivity index (χ3n) is 6.06. The van der Waals surface area contributed by atoms with Gasteiger partial charge in [0.25, 0.3) is 0 Å². The number of hydrogen-bond acceptors (Lipinski definition) is 4. The summed E-state index contributed by atoms with van der Waals surface area (Å²) in [6, 6.07) is 3.15. The second-order valence-corrected chi connectivity index (χ2v) is 8.17. The van der Waals surface area contributed by atoms with Gasteiger partial charge in [-0.2, -0.15) is 0 Å². The SMILES string of the molecule is CCCCCN1CCN(c2cc3c(cc2F)c(=O)c(C(=O)O)cn3C2CC2)CC1. The Morgan fingerprint density at radius 3 is 2.52 bits per heavy atom. The van der Waals surface area contributed by atoms with E-state index in [4.69, 9.17) is 0 Å². The molecular weight excluding hydrogens is 373 g/mol. The number of piperazine rings is 1. The molecule has 1 saturated carbocycles. The molecule has 1 N–H and O–H groups in total. The van der Waals surface area contributed by atoms with Crippen LogP contribution in [-0.4, -0.2) is 53.3 Å². The predicted molar refractivity (Wildman–Crippen MR) is 112 cm³/mol. The van der Waals surface area contributed by atoms with Crippen LogP contribution >= 0.6 is 0 Å². The number of aromatic carboxylic acids is 1. The minimum Gasteiger partial charge on any atom is -0.477 e. The summed E-state index contributed by atoms with van der Waals surface area (Å²) in [4.78, 5) is 28.5. The molecule has 1 aromatic heterocycles. The van der Waals surface area contributed by atoms with E-state index in [-0.39, 0.29) is 17.0 Å². The van der Waals surface area contributed by atoms with E-state index in [2.05, 4.69) is 11.8 Å². The molecule has 2 heterocycles. The Labute approximate surface area is 169 Å². The van der Waals surface area contributed by atoms with E-state index in [1.165, 1.54) is 31.5 Å². The number of unbranched alkanes of at least 4 members (excludes halogenated alkanes) is 2. The number of halogens is 1. The van der Waals surface area contributed by atoms with Crippen molar-refractivity contribution >= 4 is 22.6 Å². The Bertz CT molecular complexity index is 975. The molecule has 4 rings (SSSR count). The first-order valence-electron chi connectivity index (χ1n) is 10.6. The molecule has 156 valence electrons. The van der Waals surface area contributed by atoms with Gasteiger partial charge in [-0.3, -0.25) is 9.69 Å². The van der Waals surface area contributed by atoms with E-state index in [1.807, 2.05) is 9.47 Å². The molecule has 2 aromatic rings. The molecule has 1 aliphatic carbocycles. The lowest BCUT2D eigenvalue weighted by Gasteiger charge is -2.36. The summed E-state index contributed by atoms with van der Waals surface area (Å²) in [6.45, 7) is 6.57. The summed E-state index contributed by atoms with van der Waals surface area (Å²) in [5.74, 6) is -1.73. The second-order valence-electron chi connectivity index (χ2n) is 8.17. The highest BCUT2D eigenvalue weighted by Crippen LogP contribution is 2.38. The van der Waals surface area contributed by atoms with Gasteiger partial charge in [-0.15, -0.1) is 0 Å². The molecule has 2 aliphatic rings. The number of pyridine rings is 1. The van der Waals surface area contributed by atoms with Crippen LogP contribution in [0.2, 0.25) is 0 Å². The zero-order chi connectivity index (χ0) is 20.5. The number of benzene rings is 1. The number of carbonyl (C=O) groups is 1. The van der Waals surface area contributed by atoms with Crippen LogP contribution in [-0.2, 0) is 0 Å². The number of hydrogen-bond donors (Lipinski definition) is 1. The average Bonchev–Trinajstić information content (AvgIpc) is 3.54. The van der Waals surface area contributed by atoms with Gasteiger partial charge >= 0.3 is 5.97 Å². The van der Waals surface area contributed by atoms with Crippen LogP contribution in [0, 0.1) is 5.82 Å². The predicted octanol–water partition coefficient (Wildman–Crippen LogP) is 3.49. The molecule has 0 atom stereocenters. The molecule has 0 amide bonds. The maximum absolute atomic E-state index is 15.0. The van der Waals surface area contributed by atoms with Gasteiger partial charge in [-0.1, -0.05) is 19.8 Å². The molecule has 0 unspecified atom stereocenters. The normalized spacial score (nSPS) is 17.8. The van der Waals surface area contributed by atoms with Crippen molar-refractivity contribution in [1.82, 2.24) is 9.47 Å². The number of rotatable bonds is 7. The third-order valence-corrected chi connectivity index (χ3v) is 6.06. The van der Waals surface area contributed by atoms with Crippen molar-refractivity contribution in [2.24, 2.45) is 0 Å². The molecule has 0 bridgehead atoms. The molecule has 7 heteroatoms. The van der Waals surface area contributed by atoms with Gasteiger partial charge in [0.1, 0.15) is 11.4 Å². The summed E-state index contributed by atoms with van der Waals surface area (Å²) in [6.07, 6.45) is 6.95. The maximum atomic E-state index is 15.0. The lowest BCUT2D eigenvalue weighted by atomic mass is 10.1. The first-order valence-corrected chi connectivity index (χ1v) is 10.6. The summed E-state index contributed by atoms with van der Waals surface area (Å²) in [5.41, 5.74) is 0.222. The highest BCUT2D eigenvalue weighted by molar-refractivity contribution is 5.93. The Hall–Kier alpha value is -2.41. The highest BCUT2D eigenvalue weighted by atomic mass is 19.1. The minimum absolute atomic E-state index is 0.149. The van der Waals surface area contributed by atoms with Crippen LogP contribution < -0.4 is 10.3 Å². The Kier molecular flexibility index (Phi) is 5.58. The zero-order valence-electron chi connectivity index (χ0n) is 16.9. The van der Waals surface area contributed by atoms with Crippen molar-refractivity contribution in [3.8, 4) is 0 Å². The monoisotopic (exact) mass is 401 g/mol. The molecule has 1 aromatic carbocycles.